The topological polar surface area (TPSA) is 21.1 Å². The van der Waals surface area contributed by atoms with Crippen LogP contribution in [0.25, 0.3) is 0 Å². The number of aromatic nitrogens is 2. The summed E-state index contributed by atoms with van der Waals surface area (Å²) >= 11 is 0. The second-order valence-corrected chi connectivity index (χ2v) is 6.28. The molecule has 1 aliphatic carbocycles. The Morgan fingerprint density at radius 2 is 2.05 bits per heavy atom. The summed E-state index contributed by atoms with van der Waals surface area (Å²) in [6.45, 7) is 2.26. The lowest BCUT2D eigenvalue weighted by molar-refractivity contribution is 0.181. The molecule has 2 aromatic rings. The minimum atomic E-state index is 0.602. The zero-order valence-corrected chi connectivity index (χ0v) is 11.9. The summed E-state index contributed by atoms with van der Waals surface area (Å²) in [4.78, 5) is 6.91. The van der Waals surface area contributed by atoms with Crippen LogP contribution in [0.3, 0.4) is 0 Å². The molecule has 1 saturated carbocycles. The number of hydrogen-bond donors (Lipinski definition) is 0. The molecule has 104 valence electrons. The molecule has 3 heteroatoms. The number of imidazole rings is 1. The number of nitrogens with zero attached hydrogens (tertiary/aromatic N) is 3. The van der Waals surface area contributed by atoms with Crippen LogP contribution in [0.1, 0.15) is 30.1 Å². The van der Waals surface area contributed by atoms with E-state index in [-0.39, 0.29) is 0 Å². The Morgan fingerprint density at radius 3 is 2.70 bits per heavy atom. The van der Waals surface area contributed by atoms with E-state index in [1.165, 1.54) is 30.6 Å². The van der Waals surface area contributed by atoms with Crippen molar-refractivity contribution in [3.8, 4) is 0 Å². The van der Waals surface area contributed by atoms with Crippen molar-refractivity contribution in [2.45, 2.75) is 25.4 Å². The lowest BCUT2D eigenvalue weighted by atomic mass is 9.71. The maximum absolute atomic E-state index is 4.25. The minimum absolute atomic E-state index is 0.602. The Labute approximate surface area is 120 Å². The molecular formula is C17H21N3. The fourth-order valence-electron chi connectivity index (χ4n) is 3.94. The van der Waals surface area contributed by atoms with Crippen molar-refractivity contribution < 1.29 is 0 Å². The first kappa shape index (κ1) is 12.2. The SMILES string of the molecule is Cn1cncc1CN1C[C@@H]2CC[C@@H]2[C@@H]1c1ccccc1. The van der Waals surface area contributed by atoms with Crippen LogP contribution in [0.15, 0.2) is 42.9 Å². The van der Waals surface area contributed by atoms with Gasteiger partial charge in [0.1, 0.15) is 0 Å². The van der Waals surface area contributed by atoms with E-state index in [1.807, 2.05) is 12.5 Å². The van der Waals surface area contributed by atoms with Crippen molar-refractivity contribution in [2.24, 2.45) is 18.9 Å². The fraction of sp³-hybridized carbons (Fsp3) is 0.471. The van der Waals surface area contributed by atoms with Gasteiger partial charge in [-0.1, -0.05) is 30.3 Å². The first-order chi connectivity index (χ1) is 9.83. The summed E-state index contributed by atoms with van der Waals surface area (Å²) in [5, 5.41) is 0. The van der Waals surface area contributed by atoms with Crippen molar-refractivity contribution in [1.29, 1.82) is 0 Å². The Hall–Kier alpha value is -1.61. The third-order valence-electron chi connectivity index (χ3n) is 5.17. The van der Waals surface area contributed by atoms with Gasteiger partial charge in [0.25, 0.3) is 0 Å². The fourth-order valence-corrected chi connectivity index (χ4v) is 3.94. The van der Waals surface area contributed by atoms with E-state index in [1.54, 1.807) is 0 Å². The van der Waals surface area contributed by atoms with E-state index in [4.69, 9.17) is 0 Å². The molecule has 1 aliphatic heterocycles. The highest BCUT2D eigenvalue weighted by molar-refractivity contribution is 5.23. The Kier molecular flexibility index (Phi) is 2.88. The maximum atomic E-state index is 4.25. The van der Waals surface area contributed by atoms with Crippen LogP contribution >= 0.6 is 0 Å². The van der Waals surface area contributed by atoms with Crippen LogP contribution in [0.5, 0.6) is 0 Å². The highest BCUT2D eigenvalue weighted by atomic mass is 15.2. The first-order valence-electron chi connectivity index (χ1n) is 7.57. The zero-order valence-electron chi connectivity index (χ0n) is 11.9. The molecule has 0 unspecified atom stereocenters. The van der Waals surface area contributed by atoms with Gasteiger partial charge in [-0.05, 0) is 30.2 Å². The van der Waals surface area contributed by atoms with Crippen LogP contribution in [-0.2, 0) is 13.6 Å². The minimum Gasteiger partial charge on any atom is -0.337 e. The van der Waals surface area contributed by atoms with E-state index in [0.29, 0.717) is 6.04 Å². The van der Waals surface area contributed by atoms with E-state index in [2.05, 4.69) is 51.8 Å². The van der Waals surface area contributed by atoms with Crippen molar-refractivity contribution in [3.63, 3.8) is 0 Å². The largest absolute Gasteiger partial charge is 0.337 e. The molecule has 2 aliphatic rings. The maximum Gasteiger partial charge on any atom is 0.0945 e. The Bertz CT molecular complexity index is 589. The van der Waals surface area contributed by atoms with Crippen LogP contribution < -0.4 is 0 Å². The third-order valence-corrected chi connectivity index (χ3v) is 5.17. The van der Waals surface area contributed by atoms with Crippen LogP contribution in [0, 0.1) is 11.8 Å². The highest BCUT2D eigenvalue weighted by Gasteiger charge is 2.47. The number of benzene rings is 1. The second-order valence-electron chi connectivity index (χ2n) is 6.28. The van der Waals surface area contributed by atoms with Gasteiger partial charge < -0.3 is 4.57 Å². The van der Waals surface area contributed by atoms with Crippen LogP contribution in [0.4, 0.5) is 0 Å². The Morgan fingerprint density at radius 1 is 1.20 bits per heavy atom. The predicted octanol–water partition coefficient (Wildman–Crippen LogP) is 3.00. The molecule has 0 bridgehead atoms. The molecule has 0 N–H and O–H groups in total. The molecule has 2 heterocycles. The van der Waals surface area contributed by atoms with Crippen LogP contribution in [0.2, 0.25) is 0 Å². The second kappa shape index (κ2) is 4.74. The standard InChI is InChI=1S/C17H21N3/c1-19-12-18-9-15(19)11-20-10-14-7-8-16(14)17(20)13-5-3-2-4-6-13/h2-6,9,12,14,16-17H,7-8,10-11H2,1H3/t14-,16-,17-/m0/s1. The van der Waals surface area contributed by atoms with Crippen molar-refractivity contribution in [1.82, 2.24) is 14.5 Å². The molecule has 0 radical (unpaired) electrons. The first-order valence-corrected chi connectivity index (χ1v) is 7.57. The summed E-state index contributed by atoms with van der Waals surface area (Å²) < 4.78 is 2.14. The Balaban J connectivity index is 1.62. The molecular weight excluding hydrogens is 246 g/mol. The molecule has 0 amide bonds. The molecule has 4 rings (SSSR count). The van der Waals surface area contributed by atoms with E-state index < -0.39 is 0 Å². The van der Waals surface area contributed by atoms with Gasteiger partial charge in [0, 0.05) is 32.4 Å². The molecule has 3 nitrogen and oxygen atoms in total. The van der Waals surface area contributed by atoms with E-state index >= 15 is 0 Å². The zero-order chi connectivity index (χ0) is 13.5. The van der Waals surface area contributed by atoms with Gasteiger partial charge >= 0.3 is 0 Å². The normalized spacial score (nSPS) is 29.1. The molecule has 1 saturated heterocycles. The van der Waals surface area contributed by atoms with Gasteiger partial charge in [-0.15, -0.1) is 0 Å². The quantitative estimate of drug-likeness (QED) is 0.852. The van der Waals surface area contributed by atoms with E-state index in [9.17, 15) is 0 Å². The van der Waals surface area contributed by atoms with Gasteiger partial charge in [-0.25, -0.2) is 4.98 Å². The van der Waals surface area contributed by atoms with Crippen molar-refractivity contribution in [3.05, 3.63) is 54.1 Å². The molecule has 3 atom stereocenters. The summed E-state index contributed by atoms with van der Waals surface area (Å²) in [6.07, 6.45) is 6.71. The molecule has 20 heavy (non-hydrogen) atoms. The number of hydrogen-bond acceptors (Lipinski definition) is 2. The number of likely N-dealkylation sites (tertiary alicyclic amines) is 1. The molecule has 1 aromatic carbocycles. The third kappa shape index (κ3) is 1.88. The lowest BCUT2D eigenvalue weighted by Crippen LogP contribution is -2.27. The van der Waals surface area contributed by atoms with Gasteiger partial charge in [-0.3, -0.25) is 4.90 Å². The summed E-state index contributed by atoms with van der Waals surface area (Å²) in [5.74, 6) is 1.78. The summed E-state index contributed by atoms with van der Waals surface area (Å²) in [5.41, 5.74) is 2.80. The molecule has 1 aromatic heterocycles. The molecule has 0 spiro atoms. The van der Waals surface area contributed by atoms with Crippen LogP contribution in [-0.4, -0.2) is 21.0 Å². The number of rotatable bonds is 3. The smallest absolute Gasteiger partial charge is 0.0945 e. The summed E-state index contributed by atoms with van der Waals surface area (Å²) in [7, 11) is 2.09. The monoisotopic (exact) mass is 267 g/mol. The number of aryl methyl sites for hydroxylation is 1. The van der Waals surface area contributed by atoms with Gasteiger partial charge in [0.2, 0.25) is 0 Å². The van der Waals surface area contributed by atoms with Gasteiger partial charge in [0.15, 0.2) is 0 Å². The van der Waals surface area contributed by atoms with E-state index in [0.717, 1.165) is 18.4 Å². The van der Waals surface area contributed by atoms with Crippen molar-refractivity contribution >= 4 is 0 Å². The molecule has 2 fully saturated rings. The number of fused-ring (bicyclic) bond motifs is 1. The average molecular weight is 267 g/mol. The highest BCUT2D eigenvalue weighted by Crippen LogP contribution is 2.52. The average Bonchev–Trinajstić information content (AvgIpc) is 2.95. The lowest BCUT2D eigenvalue weighted by Gasteiger charge is -2.34. The van der Waals surface area contributed by atoms with Gasteiger partial charge in [0.05, 0.1) is 12.0 Å². The van der Waals surface area contributed by atoms with Gasteiger partial charge in [-0.2, -0.15) is 0 Å². The summed E-state index contributed by atoms with van der Waals surface area (Å²) in [6, 6.07) is 11.6. The predicted molar refractivity (Wildman–Crippen MR) is 79.0 cm³/mol. The van der Waals surface area contributed by atoms with Crippen molar-refractivity contribution in [2.75, 3.05) is 6.54 Å².